The zero-order valence-electron chi connectivity index (χ0n) is 10.9. The summed E-state index contributed by atoms with van der Waals surface area (Å²) in [7, 11) is 0. The largest absolute Gasteiger partial charge is 0.342 e. The number of hydrogen-bond donors (Lipinski definition) is 1. The number of benzene rings is 1. The third kappa shape index (κ3) is 2.23. The molecule has 4 nitrogen and oxygen atoms in total. The lowest BCUT2D eigenvalue weighted by molar-refractivity contribution is -0.134. The summed E-state index contributed by atoms with van der Waals surface area (Å²) in [5, 5.41) is 3.36. The van der Waals surface area contributed by atoms with Crippen LogP contribution in [0, 0.1) is 5.92 Å². The maximum Gasteiger partial charge on any atom is 0.250 e. The molecule has 3 rings (SSSR count). The van der Waals surface area contributed by atoms with Crippen molar-refractivity contribution < 1.29 is 9.59 Å². The minimum Gasteiger partial charge on any atom is -0.342 e. The maximum absolute atomic E-state index is 12.7. The van der Waals surface area contributed by atoms with Crippen molar-refractivity contribution in [2.24, 2.45) is 5.92 Å². The van der Waals surface area contributed by atoms with E-state index in [4.69, 9.17) is 11.6 Å². The second-order valence-electron chi connectivity index (χ2n) is 5.28. The molecule has 1 saturated carbocycles. The SMILES string of the molecule is CC1C(=O)NC(C2CC2)C(=O)N1c1cccc(Cl)c1Br. The molecule has 0 bridgehead atoms. The molecule has 2 amide bonds. The van der Waals surface area contributed by atoms with Gasteiger partial charge in [-0.2, -0.15) is 0 Å². The minimum absolute atomic E-state index is 0.0532. The number of carbonyl (C=O) groups is 2. The van der Waals surface area contributed by atoms with E-state index in [2.05, 4.69) is 21.2 Å². The van der Waals surface area contributed by atoms with Crippen molar-refractivity contribution in [2.75, 3.05) is 4.90 Å². The van der Waals surface area contributed by atoms with Crippen LogP contribution in [0.15, 0.2) is 22.7 Å². The number of amides is 2. The molecule has 1 N–H and O–H groups in total. The Hall–Kier alpha value is -1.07. The van der Waals surface area contributed by atoms with Crippen LogP contribution in [0.4, 0.5) is 5.69 Å². The summed E-state index contributed by atoms with van der Waals surface area (Å²) in [4.78, 5) is 26.3. The number of piperazine rings is 1. The number of nitrogens with one attached hydrogen (secondary N) is 1. The first-order valence-electron chi connectivity index (χ1n) is 6.58. The fraction of sp³-hybridized carbons (Fsp3) is 0.429. The highest BCUT2D eigenvalue weighted by Gasteiger charge is 2.46. The Bertz CT molecular complexity index is 589. The number of hydrogen-bond acceptors (Lipinski definition) is 2. The molecule has 0 aromatic heterocycles. The standard InChI is InChI=1S/C14H14BrClN2O2/c1-7-13(19)17-12(8-5-6-8)14(20)18(7)10-4-2-3-9(16)11(10)15/h2-4,7-8,12H,5-6H2,1H3,(H,17,19). The molecule has 1 aromatic rings. The lowest BCUT2D eigenvalue weighted by atomic mass is 10.0. The molecule has 2 unspecified atom stereocenters. The summed E-state index contributed by atoms with van der Waals surface area (Å²) in [5.41, 5.74) is 0.649. The maximum atomic E-state index is 12.7. The van der Waals surface area contributed by atoms with Gasteiger partial charge in [0.05, 0.1) is 15.2 Å². The highest BCUT2D eigenvalue weighted by atomic mass is 79.9. The van der Waals surface area contributed by atoms with Crippen LogP contribution in [0.1, 0.15) is 19.8 Å². The van der Waals surface area contributed by atoms with Crippen molar-refractivity contribution in [1.29, 1.82) is 0 Å². The second kappa shape index (κ2) is 5.04. The number of carbonyl (C=O) groups excluding carboxylic acids is 2. The van der Waals surface area contributed by atoms with E-state index in [-0.39, 0.29) is 17.7 Å². The van der Waals surface area contributed by atoms with Crippen LogP contribution in [0.25, 0.3) is 0 Å². The number of halogens is 2. The summed E-state index contributed by atoms with van der Waals surface area (Å²) in [5.74, 6) is 0.107. The van der Waals surface area contributed by atoms with Gasteiger partial charge in [-0.3, -0.25) is 14.5 Å². The molecule has 1 aliphatic carbocycles. The van der Waals surface area contributed by atoms with Gasteiger partial charge in [-0.05, 0) is 53.7 Å². The Labute approximate surface area is 130 Å². The topological polar surface area (TPSA) is 49.4 Å². The third-order valence-electron chi connectivity index (χ3n) is 3.85. The van der Waals surface area contributed by atoms with Gasteiger partial charge in [-0.25, -0.2) is 0 Å². The zero-order valence-corrected chi connectivity index (χ0v) is 13.2. The van der Waals surface area contributed by atoms with E-state index in [1.807, 2.05) is 0 Å². The van der Waals surface area contributed by atoms with Crippen LogP contribution >= 0.6 is 27.5 Å². The fourth-order valence-electron chi connectivity index (χ4n) is 2.55. The van der Waals surface area contributed by atoms with Gasteiger partial charge in [-0.1, -0.05) is 17.7 Å². The number of anilines is 1. The lowest BCUT2D eigenvalue weighted by Gasteiger charge is -2.38. The third-order valence-corrected chi connectivity index (χ3v) is 5.23. The van der Waals surface area contributed by atoms with Crippen LogP contribution < -0.4 is 10.2 Å². The molecule has 1 heterocycles. The van der Waals surface area contributed by atoms with E-state index in [1.54, 1.807) is 30.0 Å². The summed E-state index contributed by atoms with van der Waals surface area (Å²) in [6, 6.07) is 4.39. The predicted molar refractivity (Wildman–Crippen MR) is 80.8 cm³/mol. The fourth-order valence-corrected chi connectivity index (χ4v) is 3.17. The van der Waals surface area contributed by atoms with Crippen LogP contribution in [0.5, 0.6) is 0 Å². The normalized spacial score (nSPS) is 26.6. The van der Waals surface area contributed by atoms with Crippen molar-refractivity contribution in [3.05, 3.63) is 27.7 Å². The first-order valence-corrected chi connectivity index (χ1v) is 7.75. The molecule has 20 heavy (non-hydrogen) atoms. The highest BCUT2D eigenvalue weighted by molar-refractivity contribution is 9.10. The van der Waals surface area contributed by atoms with E-state index in [0.717, 1.165) is 12.8 Å². The second-order valence-corrected chi connectivity index (χ2v) is 6.48. The monoisotopic (exact) mass is 356 g/mol. The smallest absolute Gasteiger partial charge is 0.250 e. The van der Waals surface area contributed by atoms with E-state index < -0.39 is 12.1 Å². The summed E-state index contributed by atoms with van der Waals surface area (Å²) in [6.07, 6.45) is 1.99. The van der Waals surface area contributed by atoms with Crippen LogP contribution in [0.3, 0.4) is 0 Å². The van der Waals surface area contributed by atoms with Gasteiger partial charge in [0.15, 0.2) is 0 Å². The predicted octanol–water partition coefficient (Wildman–Crippen LogP) is 2.73. The van der Waals surface area contributed by atoms with Gasteiger partial charge in [0, 0.05) is 0 Å². The molecule has 0 radical (unpaired) electrons. The Morgan fingerprint density at radius 3 is 2.70 bits per heavy atom. The van der Waals surface area contributed by atoms with E-state index in [9.17, 15) is 9.59 Å². The van der Waals surface area contributed by atoms with E-state index in [1.165, 1.54) is 0 Å². The van der Waals surface area contributed by atoms with E-state index in [0.29, 0.717) is 15.2 Å². The van der Waals surface area contributed by atoms with Gasteiger partial charge in [0.2, 0.25) is 5.91 Å². The molecular formula is C14H14BrClN2O2. The van der Waals surface area contributed by atoms with Crippen molar-refractivity contribution in [2.45, 2.75) is 31.8 Å². The molecule has 106 valence electrons. The van der Waals surface area contributed by atoms with Gasteiger partial charge < -0.3 is 5.32 Å². The minimum atomic E-state index is -0.535. The molecule has 2 aliphatic rings. The van der Waals surface area contributed by atoms with Crippen LogP contribution in [0.2, 0.25) is 5.02 Å². The first kappa shape index (κ1) is 13.9. The number of rotatable bonds is 2. The molecule has 1 saturated heterocycles. The quantitative estimate of drug-likeness (QED) is 0.885. The molecule has 1 aliphatic heterocycles. The molecule has 2 fully saturated rings. The summed E-state index contributed by atoms with van der Waals surface area (Å²) in [6.45, 7) is 1.73. The molecule has 6 heteroatoms. The molecule has 2 atom stereocenters. The van der Waals surface area contributed by atoms with E-state index >= 15 is 0 Å². The van der Waals surface area contributed by atoms with Gasteiger partial charge >= 0.3 is 0 Å². The van der Waals surface area contributed by atoms with Gasteiger partial charge in [0.25, 0.3) is 5.91 Å². The molecular weight excluding hydrogens is 344 g/mol. The van der Waals surface area contributed by atoms with Crippen LogP contribution in [-0.4, -0.2) is 23.9 Å². The zero-order chi connectivity index (χ0) is 14.4. The van der Waals surface area contributed by atoms with Gasteiger partial charge in [-0.15, -0.1) is 0 Å². The Morgan fingerprint density at radius 2 is 2.05 bits per heavy atom. The summed E-state index contributed by atoms with van der Waals surface area (Å²) >= 11 is 9.50. The number of nitrogens with zero attached hydrogens (tertiary/aromatic N) is 1. The van der Waals surface area contributed by atoms with Crippen molar-refractivity contribution >= 4 is 45.0 Å². The molecule has 1 aromatic carbocycles. The van der Waals surface area contributed by atoms with Crippen molar-refractivity contribution in [3.8, 4) is 0 Å². The van der Waals surface area contributed by atoms with Crippen molar-refractivity contribution in [1.82, 2.24) is 5.32 Å². The average Bonchev–Trinajstić information content (AvgIpc) is 3.23. The summed E-state index contributed by atoms with van der Waals surface area (Å²) < 4.78 is 0.645. The molecule has 0 spiro atoms. The van der Waals surface area contributed by atoms with Crippen molar-refractivity contribution in [3.63, 3.8) is 0 Å². The average molecular weight is 358 g/mol. The Morgan fingerprint density at radius 1 is 1.35 bits per heavy atom. The lowest BCUT2D eigenvalue weighted by Crippen LogP contribution is -2.63. The van der Waals surface area contributed by atoms with Crippen LogP contribution in [-0.2, 0) is 9.59 Å². The Balaban J connectivity index is 2.02. The van der Waals surface area contributed by atoms with Gasteiger partial charge in [0.1, 0.15) is 12.1 Å². The first-order chi connectivity index (χ1) is 9.50. The highest BCUT2D eigenvalue weighted by Crippen LogP contribution is 2.39. The Kier molecular flexibility index (Phi) is 3.50.